The van der Waals surface area contributed by atoms with Gasteiger partial charge in [0.15, 0.2) is 0 Å². The van der Waals surface area contributed by atoms with Crippen LogP contribution in [-0.4, -0.2) is 24.9 Å². The van der Waals surface area contributed by atoms with Gasteiger partial charge in [-0.1, -0.05) is 32.8 Å². The van der Waals surface area contributed by atoms with Crippen LogP contribution < -0.4 is 0 Å². The van der Waals surface area contributed by atoms with Gasteiger partial charge < -0.3 is 4.90 Å². The Hall–Kier alpha value is -0.790. The number of carbonyl (C=O) groups excluding carboxylic acids is 1. The van der Waals surface area contributed by atoms with Gasteiger partial charge in [-0.2, -0.15) is 0 Å². The molecule has 0 aliphatic rings. The summed E-state index contributed by atoms with van der Waals surface area (Å²) in [5.41, 5.74) is 0.967. The maximum absolute atomic E-state index is 11.6. The van der Waals surface area contributed by atoms with E-state index in [1.165, 1.54) is 0 Å². The first kappa shape index (κ1) is 12.2. The number of likely N-dealkylation sites (N-methyl/N-ethyl adjacent to an activating group) is 1. The molecule has 0 radical (unpaired) electrons. The Balaban J connectivity index is 4.31. The molecule has 0 saturated heterocycles. The van der Waals surface area contributed by atoms with Gasteiger partial charge in [0.25, 0.3) is 0 Å². The zero-order valence-corrected chi connectivity index (χ0v) is 9.26. The summed E-state index contributed by atoms with van der Waals surface area (Å²) in [6.07, 6.45) is 6.13. The molecular formula is C11H21NO. The van der Waals surface area contributed by atoms with E-state index in [-0.39, 0.29) is 5.91 Å². The van der Waals surface area contributed by atoms with Crippen molar-refractivity contribution in [3.8, 4) is 0 Å². The summed E-state index contributed by atoms with van der Waals surface area (Å²) in [5, 5.41) is 0. The first-order valence-electron chi connectivity index (χ1n) is 5.04. The van der Waals surface area contributed by atoms with E-state index < -0.39 is 0 Å². The summed E-state index contributed by atoms with van der Waals surface area (Å²) in [4.78, 5) is 13.2. The molecule has 0 unspecified atom stereocenters. The fraction of sp³-hybridized carbons (Fsp3) is 0.727. The molecule has 0 heterocycles. The van der Waals surface area contributed by atoms with Crippen molar-refractivity contribution in [3.63, 3.8) is 0 Å². The molecular weight excluding hydrogens is 162 g/mol. The fourth-order valence-corrected chi connectivity index (χ4v) is 1.17. The van der Waals surface area contributed by atoms with Crippen LogP contribution in [0.15, 0.2) is 11.6 Å². The minimum Gasteiger partial charge on any atom is -0.345 e. The summed E-state index contributed by atoms with van der Waals surface area (Å²) in [7, 11) is 3.61. The van der Waals surface area contributed by atoms with Crippen molar-refractivity contribution in [2.45, 2.75) is 39.5 Å². The Morgan fingerprint density at radius 2 is 1.85 bits per heavy atom. The fourth-order valence-electron chi connectivity index (χ4n) is 1.17. The van der Waals surface area contributed by atoms with Crippen LogP contribution >= 0.6 is 0 Å². The summed E-state index contributed by atoms with van der Waals surface area (Å²) >= 11 is 0. The smallest absolute Gasteiger partial charge is 0.248 e. The lowest BCUT2D eigenvalue weighted by Gasteiger charge is -2.12. The third-order valence-electron chi connectivity index (χ3n) is 1.88. The highest BCUT2D eigenvalue weighted by molar-refractivity contribution is 5.92. The molecule has 0 aromatic rings. The van der Waals surface area contributed by atoms with E-state index in [1.807, 2.05) is 0 Å². The third kappa shape index (κ3) is 4.71. The molecule has 2 heteroatoms. The minimum atomic E-state index is 0.162. The predicted octanol–water partition coefficient (Wildman–Crippen LogP) is 2.60. The minimum absolute atomic E-state index is 0.162. The van der Waals surface area contributed by atoms with Crippen LogP contribution in [0, 0.1) is 0 Å². The molecule has 0 fully saturated rings. The molecule has 0 bridgehead atoms. The van der Waals surface area contributed by atoms with E-state index in [4.69, 9.17) is 0 Å². The highest BCUT2D eigenvalue weighted by atomic mass is 16.2. The molecule has 0 aliphatic carbocycles. The van der Waals surface area contributed by atoms with Crippen molar-refractivity contribution < 1.29 is 4.79 Å². The largest absolute Gasteiger partial charge is 0.345 e. The number of allylic oxidation sites excluding steroid dienone is 1. The second-order valence-corrected chi connectivity index (χ2v) is 3.47. The quantitative estimate of drug-likeness (QED) is 0.600. The number of hydrogen-bond acceptors (Lipinski definition) is 1. The maximum Gasteiger partial charge on any atom is 0.248 e. The first-order chi connectivity index (χ1) is 6.13. The van der Waals surface area contributed by atoms with Crippen LogP contribution in [0.1, 0.15) is 39.5 Å². The highest BCUT2D eigenvalue weighted by Gasteiger charge is 2.09. The monoisotopic (exact) mass is 183 g/mol. The molecule has 0 aliphatic heterocycles. The van der Waals surface area contributed by atoms with Gasteiger partial charge in [0.2, 0.25) is 5.91 Å². The van der Waals surface area contributed by atoms with E-state index in [0.29, 0.717) is 0 Å². The zero-order chi connectivity index (χ0) is 10.3. The van der Waals surface area contributed by atoms with Gasteiger partial charge in [0.05, 0.1) is 0 Å². The Morgan fingerprint density at radius 1 is 1.23 bits per heavy atom. The van der Waals surface area contributed by atoms with Crippen LogP contribution in [0.5, 0.6) is 0 Å². The molecule has 0 spiro atoms. The number of rotatable bonds is 5. The summed E-state index contributed by atoms with van der Waals surface area (Å²) < 4.78 is 0. The lowest BCUT2D eigenvalue weighted by Crippen LogP contribution is -2.23. The van der Waals surface area contributed by atoms with Crippen molar-refractivity contribution in [1.29, 1.82) is 0 Å². The van der Waals surface area contributed by atoms with E-state index in [1.54, 1.807) is 19.0 Å². The number of hydrogen-bond donors (Lipinski definition) is 0. The van der Waals surface area contributed by atoms with Crippen molar-refractivity contribution in [3.05, 3.63) is 11.6 Å². The third-order valence-corrected chi connectivity index (χ3v) is 1.88. The summed E-state index contributed by atoms with van der Waals surface area (Å²) in [6, 6.07) is 0. The SMILES string of the molecule is CCCC=C(CCC)C(=O)N(C)C. The van der Waals surface area contributed by atoms with Crippen LogP contribution in [0.25, 0.3) is 0 Å². The van der Waals surface area contributed by atoms with Gasteiger partial charge in [-0.3, -0.25) is 4.79 Å². The average Bonchev–Trinajstić information content (AvgIpc) is 2.11. The Labute approximate surface area is 81.6 Å². The Bertz CT molecular complexity index is 183. The molecule has 0 aromatic carbocycles. The zero-order valence-electron chi connectivity index (χ0n) is 9.26. The lowest BCUT2D eigenvalue weighted by molar-refractivity contribution is -0.124. The van der Waals surface area contributed by atoms with Gasteiger partial charge in [0, 0.05) is 19.7 Å². The topological polar surface area (TPSA) is 20.3 Å². The number of carbonyl (C=O) groups is 1. The average molecular weight is 183 g/mol. The van der Waals surface area contributed by atoms with Crippen LogP contribution in [0.2, 0.25) is 0 Å². The lowest BCUT2D eigenvalue weighted by atomic mass is 10.1. The standard InChI is InChI=1S/C11H21NO/c1-5-7-9-10(8-6-2)11(13)12(3)4/h9H,5-8H2,1-4H3. The van der Waals surface area contributed by atoms with Crippen molar-refractivity contribution in [2.75, 3.05) is 14.1 Å². The first-order valence-corrected chi connectivity index (χ1v) is 5.04. The number of nitrogens with zero attached hydrogens (tertiary/aromatic N) is 1. The van der Waals surface area contributed by atoms with Crippen molar-refractivity contribution >= 4 is 5.91 Å². The van der Waals surface area contributed by atoms with Crippen LogP contribution in [0.3, 0.4) is 0 Å². The van der Waals surface area contributed by atoms with Crippen LogP contribution in [-0.2, 0) is 4.79 Å². The molecule has 1 amide bonds. The van der Waals surface area contributed by atoms with Crippen LogP contribution in [0.4, 0.5) is 0 Å². The summed E-state index contributed by atoms with van der Waals surface area (Å²) in [6.45, 7) is 4.23. The molecule has 0 aromatic heterocycles. The van der Waals surface area contributed by atoms with Gasteiger partial charge in [-0.25, -0.2) is 0 Å². The summed E-state index contributed by atoms with van der Waals surface area (Å²) in [5.74, 6) is 0.162. The maximum atomic E-state index is 11.6. The van der Waals surface area contributed by atoms with E-state index >= 15 is 0 Å². The number of unbranched alkanes of at least 4 members (excludes halogenated alkanes) is 1. The van der Waals surface area contributed by atoms with Gasteiger partial charge in [0.1, 0.15) is 0 Å². The second-order valence-electron chi connectivity index (χ2n) is 3.47. The van der Waals surface area contributed by atoms with Gasteiger partial charge >= 0.3 is 0 Å². The van der Waals surface area contributed by atoms with E-state index in [2.05, 4.69) is 19.9 Å². The molecule has 0 rings (SSSR count). The van der Waals surface area contributed by atoms with E-state index in [0.717, 1.165) is 31.3 Å². The Kier molecular flexibility index (Phi) is 6.29. The van der Waals surface area contributed by atoms with Crippen molar-refractivity contribution in [2.24, 2.45) is 0 Å². The highest BCUT2D eigenvalue weighted by Crippen LogP contribution is 2.09. The second kappa shape index (κ2) is 6.70. The predicted molar refractivity (Wildman–Crippen MR) is 56.6 cm³/mol. The molecule has 0 N–H and O–H groups in total. The normalized spacial score (nSPS) is 11.5. The molecule has 0 atom stereocenters. The molecule has 76 valence electrons. The van der Waals surface area contributed by atoms with E-state index in [9.17, 15) is 4.79 Å². The number of amides is 1. The molecule has 0 saturated carbocycles. The Morgan fingerprint density at radius 3 is 2.23 bits per heavy atom. The van der Waals surface area contributed by atoms with Crippen molar-refractivity contribution in [1.82, 2.24) is 4.90 Å². The van der Waals surface area contributed by atoms with Gasteiger partial charge in [-0.05, 0) is 12.8 Å². The van der Waals surface area contributed by atoms with Gasteiger partial charge in [-0.15, -0.1) is 0 Å². The molecule has 2 nitrogen and oxygen atoms in total. The molecule has 13 heavy (non-hydrogen) atoms.